The minimum atomic E-state index is -1.90. The number of hydrogen-bond acceptors (Lipinski definition) is 14. The molecule has 4 aromatic rings. The highest BCUT2D eigenvalue weighted by molar-refractivity contribution is 5.89. The molecule has 2 aliphatic rings. The Bertz CT molecular complexity index is 1990. The van der Waals surface area contributed by atoms with E-state index in [1.165, 1.54) is 19.1 Å². The molecule has 4 aromatic carbocycles. The van der Waals surface area contributed by atoms with Crippen molar-refractivity contribution in [3.63, 3.8) is 0 Å². The molecule has 2 saturated heterocycles. The molecule has 1 unspecified atom stereocenters. The molecule has 0 saturated carbocycles. The van der Waals surface area contributed by atoms with E-state index in [1.54, 1.807) is 42.5 Å². The normalized spacial score (nSPS) is 26.5. The maximum atomic E-state index is 13.5. The van der Waals surface area contributed by atoms with Gasteiger partial charge in [0.25, 0.3) is 0 Å². The van der Waals surface area contributed by atoms with E-state index in [2.05, 4.69) is 10.0 Å². The van der Waals surface area contributed by atoms with E-state index < -0.39 is 79.3 Å². The van der Waals surface area contributed by atoms with Gasteiger partial charge in [0, 0.05) is 11.8 Å². The zero-order valence-electron chi connectivity index (χ0n) is 32.3. The number of benzene rings is 4. The Kier molecular flexibility index (Phi) is 15.5. The molecule has 310 valence electrons. The van der Waals surface area contributed by atoms with Crippen LogP contribution >= 0.6 is 0 Å². The number of methoxy groups -OCH3 is 1. The van der Waals surface area contributed by atoms with Crippen LogP contribution in [0.2, 0.25) is 0 Å². The van der Waals surface area contributed by atoms with E-state index in [1.807, 2.05) is 66.7 Å². The van der Waals surface area contributed by atoms with Gasteiger partial charge in [0.15, 0.2) is 24.8 Å². The lowest BCUT2D eigenvalue weighted by Crippen LogP contribution is -2.66. The van der Waals surface area contributed by atoms with Crippen LogP contribution in [0.4, 0.5) is 0 Å². The van der Waals surface area contributed by atoms with E-state index in [0.717, 1.165) is 18.2 Å². The minimum absolute atomic E-state index is 0.0327. The Morgan fingerprint density at radius 2 is 1.20 bits per heavy atom. The van der Waals surface area contributed by atoms with Gasteiger partial charge in [-0.2, -0.15) is 0 Å². The number of azide groups is 1. The Hall–Kier alpha value is -5.68. The molecule has 2 fully saturated rings. The molecule has 0 aliphatic carbocycles. The molecule has 0 spiro atoms. The van der Waals surface area contributed by atoms with Crippen molar-refractivity contribution in [1.82, 2.24) is 0 Å². The topological polar surface area (TPSA) is 203 Å². The zero-order chi connectivity index (χ0) is 41.6. The number of carbonyl (C=O) groups excluding carboxylic acids is 3. The number of esters is 3. The molecule has 0 radical (unpaired) electrons. The fourth-order valence-corrected chi connectivity index (χ4v) is 6.73. The SMILES string of the molecule is COC(=O)[C@@H]1OC(O)[C@H](OC(=O)c2ccccc2)[C@@H](OCc2ccccc2)[C@@H]1O[C@H]1O[C@H](COC(C)=O)[C@@H](OCc2ccccc2)[C@H](OCc2ccccc2)[C@H]1N=[N+]=[N-]. The van der Waals surface area contributed by atoms with Gasteiger partial charge >= 0.3 is 17.9 Å². The first-order valence-electron chi connectivity index (χ1n) is 18.9. The van der Waals surface area contributed by atoms with Gasteiger partial charge < -0.3 is 47.7 Å². The van der Waals surface area contributed by atoms with Gasteiger partial charge in [-0.05, 0) is 34.4 Å². The molecule has 10 atom stereocenters. The molecule has 59 heavy (non-hydrogen) atoms. The van der Waals surface area contributed by atoms with Crippen LogP contribution in [0.5, 0.6) is 0 Å². The van der Waals surface area contributed by atoms with Crippen LogP contribution in [0.3, 0.4) is 0 Å². The van der Waals surface area contributed by atoms with E-state index in [-0.39, 0.29) is 32.0 Å². The van der Waals surface area contributed by atoms with E-state index in [0.29, 0.717) is 5.56 Å². The molecule has 0 bridgehead atoms. The van der Waals surface area contributed by atoms with Crippen molar-refractivity contribution < 1.29 is 62.1 Å². The smallest absolute Gasteiger partial charge is 0.338 e. The van der Waals surface area contributed by atoms with Gasteiger partial charge in [0.05, 0.1) is 32.5 Å². The maximum Gasteiger partial charge on any atom is 0.338 e. The van der Waals surface area contributed by atoms with Crippen LogP contribution in [-0.2, 0) is 72.0 Å². The second-order valence-corrected chi connectivity index (χ2v) is 13.6. The summed E-state index contributed by atoms with van der Waals surface area (Å²) in [5.41, 5.74) is 12.4. The van der Waals surface area contributed by atoms with Crippen molar-refractivity contribution in [2.24, 2.45) is 5.11 Å². The molecule has 1 N–H and O–H groups in total. The molecular weight excluding hydrogens is 766 g/mol. The third kappa shape index (κ3) is 11.5. The second-order valence-electron chi connectivity index (χ2n) is 13.6. The summed E-state index contributed by atoms with van der Waals surface area (Å²) >= 11 is 0. The molecular formula is C43H45N3O13. The summed E-state index contributed by atoms with van der Waals surface area (Å²) in [6.07, 6.45) is -13.0. The summed E-state index contributed by atoms with van der Waals surface area (Å²) in [5, 5.41) is 15.4. The van der Waals surface area contributed by atoms with Crippen LogP contribution in [0.25, 0.3) is 10.4 Å². The molecule has 0 amide bonds. The largest absolute Gasteiger partial charge is 0.467 e. The predicted molar refractivity (Wildman–Crippen MR) is 207 cm³/mol. The van der Waals surface area contributed by atoms with Crippen molar-refractivity contribution in [2.45, 2.75) is 88.1 Å². The average Bonchev–Trinajstić information content (AvgIpc) is 3.26. The average molecular weight is 812 g/mol. The summed E-state index contributed by atoms with van der Waals surface area (Å²) in [6.45, 7) is 0.914. The maximum absolute atomic E-state index is 13.5. The first kappa shape index (κ1) is 42.9. The first-order valence-corrected chi connectivity index (χ1v) is 18.9. The number of carbonyl (C=O) groups is 3. The molecule has 0 aromatic heterocycles. The number of ether oxygens (including phenoxy) is 9. The number of aliphatic hydroxyl groups is 1. The fraction of sp³-hybridized carbons (Fsp3) is 0.372. The number of rotatable bonds is 17. The second kappa shape index (κ2) is 21.4. The molecule has 16 nitrogen and oxygen atoms in total. The zero-order valence-corrected chi connectivity index (χ0v) is 32.3. The van der Waals surface area contributed by atoms with Crippen LogP contribution in [0, 0.1) is 0 Å². The van der Waals surface area contributed by atoms with Gasteiger partial charge in [0.1, 0.15) is 43.2 Å². The predicted octanol–water partition coefficient (Wildman–Crippen LogP) is 5.21. The highest BCUT2D eigenvalue weighted by atomic mass is 16.7. The van der Waals surface area contributed by atoms with Crippen LogP contribution in [-0.4, -0.2) is 98.1 Å². The quantitative estimate of drug-likeness (QED) is 0.0479. The van der Waals surface area contributed by atoms with Crippen LogP contribution in [0.15, 0.2) is 126 Å². The van der Waals surface area contributed by atoms with E-state index in [4.69, 9.17) is 42.6 Å². The third-order valence-electron chi connectivity index (χ3n) is 9.60. The van der Waals surface area contributed by atoms with Crippen molar-refractivity contribution in [3.05, 3.63) is 154 Å². The van der Waals surface area contributed by atoms with Gasteiger partial charge in [-0.1, -0.05) is 114 Å². The van der Waals surface area contributed by atoms with Gasteiger partial charge in [-0.3, -0.25) is 4.79 Å². The third-order valence-corrected chi connectivity index (χ3v) is 9.60. The number of aliphatic hydroxyl groups excluding tert-OH is 1. The Labute approximate surface area is 340 Å². The molecule has 2 aliphatic heterocycles. The Balaban J connectivity index is 1.39. The number of hydrogen-bond donors (Lipinski definition) is 1. The van der Waals surface area contributed by atoms with E-state index >= 15 is 0 Å². The van der Waals surface area contributed by atoms with Crippen LogP contribution < -0.4 is 0 Å². The van der Waals surface area contributed by atoms with Crippen LogP contribution in [0.1, 0.15) is 34.0 Å². The summed E-state index contributed by atoms with van der Waals surface area (Å²) < 4.78 is 54.5. The van der Waals surface area contributed by atoms with Crippen molar-refractivity contribution in [2.75, 3.05) is 13.7 Å². The summed E-state index contributed by atoms with van der Waals surface area (Å²) in [4.78, 5) is 42.2. The Morgan fingerprint density at radius 1 is 0.695 bits per heavy atom. The molecule has 2 heterocycles. The minimum Gasteiger partial charge on any atom is -0.467 e. The van der Waals surface area contributed by atoms with Crippen molar-refractivity contribution >= 4 is 17.9 Å². The highest BCUT2D eigenvalue weighted by Gasteiger charge is 2.56. The van der Waals surface area contributed by atoms with E-state index in [9.17, 15) is 25.0 Å². The fourth-order valence-electron chi connectivity index (χ4n) is 6.73. The van der Waals surface area contributed by atoms with Gasteiger partial charge in [0.2, 0.25) is 0 Å². The summed E-state index contributed by atoms with van der Waals surface area (Å²) in [6, 6.07) is 34.3. The van der Waals surface area contributed by atoms with Crippen molar-refractivity contribution in [1.29, 1.82) is 0 Å². The van der Waals surface area contributed by atoms with Crippen molar-refractivity contribution in [3.8, 4) is 0 Å². The highest BCUT2D eigenvalue weighted by Crippen LogP contribution is 2.36. The molecule has 16 heteroatoms. The standard InChI is InChI=1S/C43H45N3O13/c1-27(47)52-26-32-34(53-23-28-15-7-3-8-16-28)35(54-24-29-17-9-4-10-18-29)33(45-46-44)43(56-32)59-37-36(55-25-30-19-11-5-12-20-30)38(42(50)58-39(37)41(49)51-2)57-40(48)31-21-13-6-14-22-31/h3-22,32-39,42-43,50H,23-26H2,1-2H3/t32-,33-,34-,35-,36+,37+,38-,39-,42?,43-/m1/s1. The lowest BCUT2D eigenvalue weighted by molar-refractivity contribution is -0.343. The first-order chi connectivity index (χ1) is 28.7. The van der Waals surface area contributed by atoms with Gasteiger partial charge in [-0.25, -0.2) is 9.59 Å². The summed E-state index contributed by atoms with van der Waals surface area (Å²) in [7, 11) is 1.12. The lowest BCUT2D eigenvalue weighted by atomic mass is 9.95. The molecule has 6 rings (SSSR count). The van der Waals surface area contributed by atoms with Gasteiger partial charge in [-0.15, -0.1) is 0 Å². The number of nitrogens with zero attached hydrogens (tertiary/aromatic N) is 3. The lowest BCUT2D eigenvalue weighted by Gasteiger charge is -2.48. The summed E-state index contributed by atoms with van der Waals surface area (Å²) in [5.74, 6) is -2.40. The monoisotopic (exact) mass is 811 g/mol. The Morgan fingerprint density at radius 3 is 1.71 bits per heavy atom.